The lowest BCUT2D eigenvalue weighted by Crippen LogP contribution is -2.48. The Labute approximate surface area is 193 Å². The molecule has 0 bridgehead atoms. The first-order chi connectivity index (χ1) is 15.7. The molecule has 33 heavy (non-hydrogen) atoms. The van der Waals surface area contributed by atoms with E-state index in [2.05, 4.69) is 34.9 Å². The molecule has 1 saturated carbocycles. The van der Waals surface area contributed by atoms with Gasteiger partial charge >= 0.3 is 12.1 Å². The summed E-state index contributed by atoms with van der Waals surface area (Å²) >= 11 is 0. The topological polar surface area (TPSA) is 105 Å². The van der Waals surface area contributed by atoms with Gasteiger partial charge in [0.25, 0.3) is 0 Å². The molecular weight excluding hydrogens is 420 g/mol. The summed E-state index contributed by atoms with van der Waals surface area (Å²) in [6.45, 7) is 3.56. The normalized spacial score (nSPS) is 15.8. The molecule has 1 unspecified atom stereocenters. The number of carbonyl (C=O) groups is 3. The smallest absolute Gasteiger partial charge is 0.407 e. The summed E-state index contributed by atoms with van der Waals surface area (Å²) in [7, 11) is 0. The van der Waals surface area contributed by atoms with Crippen LogP contribution in [0.5, 0.6) is 0 Å². The van der Waals surface area contributed by atoms with Crippen molar-refractivity contribution in [2.75, 3.05) is 6.61 Å². The van der Waals surface area contributed by atoms with Gasteiger partial charge in [0.1, 0.15) is 6.61 Å². The van der Waals surface area contributed by atoms with Crippen LogP contribution in [-0.2, 0) is 14.3 Å². The van der Waals surface area contributed by atoms with E-state index in [1.165, 1.54) is 11.1 Å². The maximum atomic E-state index is 12.6. The monoisotopic (exact) mass is 450 g/mol. The molecular formula is C26H30N2O5. The second-order valence-electron chi connectivity index (χ2n) is 9.62. The summed E-state index contributed by atoms with van der Waals surface area (Å²) in [6, 6.07) is 16.0. The molecule has 2 aliphatic carbocycles. The Morgan fingerprint density at radius 3 is 2.15 bits per heavy atom. The van der Waals surface area contributed by atoms with Crippen molar-refractivity contribution in [3.63, 3.8) is 0 Å². The van der Waals surface area contributed by atoms with E-state index in [9.17, 15) is 14.4 Å². The fourth-order valence-electron chi connectivity index (χ4n) is 4.68. The quantitative estimate of drug-likeness (QED) is 0.534. The van der Waals surface area contributed by atoms with Crippen LogP contribution >= 0.6 is 0 Å². The summed E-state index contributed by atoms with van der Waals surface area (Å²) < 4.78 is 5.62. The van der Waals surface area contributed by atoms with Crippen LogP contribution < -0.4 is 10.6 Å². The maximum absolute atomic E-state index is 12.6. The van der Waals surface area contributed by atoms with Gasteiger partial charge in [0.2, 0.25) is 5.91 Å². The third-order valence-corrected chi connectivity index (χ3v) is 6.31. The minimum atomic E-state index is -0.976. The Kier molecular flexibility index (Phi) is 6.40. The summed E-state index contributed by atoms with van der Waals surface area (Å²) in [6.07, 6.45) is 1.27. The lowest BCUT2D eigenvalue weighted by Gasteiger charge is -2.26. The Morgan fingerprint density at radius 2 is 1.61 bits per heavy atom. The molecule has 7 nitrogen and oxygen atoms in total. The second kappa shape index (κ2) is 9.25. The summed E-state index contributed by atoms with van der Waals surface area (Å²) in [5.74, 6) is -1.05. The van der Waals surface area contributed by atoms with Crippen molar-refractivity contribution < 1.29 is 24.2 Å². The standard InChI is InChI=1S/C26H30N2O5/c1-26(2,14-24(30)31)28-23(29)13-22(16-11-12-16)27-25(32)33-15-21-19-9-5-3-7-17(19)18-8-4-6-10-20(18)21/h3-10,16,21-22H,11-15H2,1-2H3,(H,27,32)(H,28,29)(H,30,31). The Balaban J connectivity index is 1.35. The first-order valence-corrected chi connectivity index (χ1v) is 11.4. The number of rotatable bonds is 9. The maximum Gasteiger partial charge on any atom is 0.407 e. The van der Waals surface area contributed by atoms with Crippen LogP contribution in [0.25, 0.3) is 11.1 Å². The molecule has 174 valence electrons. The third-order valence-electron chi connectivity index (χ3n) is 6.31. The van der Waals surface area contributed by atoms with Gasteiger partial charge < -0.3 is 20.5 Å². The third kappa shape index (κ3) is 5.53. The van der Waals surface area contributed by atoms with E-state index in [4.69, 9.17) is 9.84 Å². The molecule has 0 spiro atoms. The fraction of sp³-hybridized carbons (Fsp3) is 0.423. The van der Waals surface area contributed by atoms with E-state index >= 15 is 0 Å². The van der Waals surface area contributed by atoms with Gasteiger partial charge in [-0.25, -0.2) is 4.79 Å². The lowest BCUT2D eigenvalue weighted by molar-refractivity contribution is -0.138. The molecule has 0 heterocycles. The fourth-order valence-corrected chi connectivity index (χ4v) is 4.68. The average molecular weight is 451 g/mol. The summed E-state index contributed by atoms with van der Waals surface area (Å²) in [5.41, 5.74) is 3.76. The number of aliphatic carboxylic acids is 1. The van der Waals surface area contributed by atoms with Crippen molar-refractivity contribution in [3.8, 4) is 11.1 Å². The minimum Gasteiger partial charge on any atom is -0.481 e. The van der Waals surface area contributed by atoms with Crippen LogP contribution in [0.2, 0.25) is 0 Å². The van der Waals surface area contributed by atoms with E-state index in [-0.39, 0.29) is 43.2 Å². The molecule has 7 heteroatoms. The molecule has 0 aliphatic heterocycles. The van der Waals surface area contributed by atoms with Gasteiger partial charge in [0, 0.05) is 23.9 Å². The number of alkyl carbamates (subject to hydrolysis) is 1. The largest absolute Gasteiger partial charge is 0.481 e. The highest BCUT2D eigenvalue weighted by molar-refractivity contribution is 5.80. The predicted octanol–water partition coefficient (Wildman–Crippen LogP) is 4.06. The highest BCUT2D eigenvalue weighted by Gasteiger charge is 2.36. The molecule has 0 aromatic heterocycles. The number of fused-ring (bicyclic) bond motifs is 3. The number of carboxylic acid groups (broad SMARTS) is 1. The molecule has 2 amide bonds. The lowest BCUT2D eigenvalue weighted by atomic mass is 9.98. The zero-order chi connectivity index (χ0) is 23.6. The summed E-state index contributed by atoms with van der Waals surface area (Å²) in [4.78, 5) is 36.1. The van der Waals surface area contributed by atoms with Crippen molar-refractivity contribution in [2.45, 2.75) is 57.0 Å². The van der Waals surface area contributed by atoms with Crippen LogP contribution in [0, 0.1) is 5.92 Å². The number of carboxylic acids is 1. The first kappa shape index (κ1) is 22.8. The number of benzene rings is 2. The average Bonchev–Trinajstić information content (AvgIpc) is 3.53. The van der Waals surface area contributed by atoms with Gasteiger partial charge in [0.05, 0.1) is 6.42 Å². The van der Waals surface area contributed by atoms with E-state index in [0.717, 1.165) is 24.0 Å². The highest BCUT2D eigenvalue weighted by atomic mass is 16.5. The van der Waals surface area contributed by atoms with Gasteiger partial charge in [-0.2, -0.15) is 0 Å². The second-order valence-corrected chi connectivity index (χ2v) is 9.62. The number of hydrogen-bond acceptors (Lipinski definition) is 4. The Morgan fingerprint density at radius 1 is 1.03 bits per heavy atom. The van der Waals surface area contributed by atoms with E-state index in [1.807, 2.05) is 24.3 Å². The van der Waals surface area contributed by atoms with Gasteiger partial charge in [0.15, 0.2) is 0 Å². The van der Waals surface area contributed by atoms with Crippen molar-refractivity contribution in [2.24, 2.45) is 5.92 Å². The van der Waals surface area contributed by atoms with Crippen LogP contribution in [0.3, 0.4) is 0 Å². The number of carbonyl (C=O) groups excluding carboxylic acids is 2. The van der Waals surface area contributed by atoms with Gasteiger partial charge in [-0.05, 0) is 54.9 Å². The first-order valence-electron chi connectivity index (χ1n) is 11.4. The number of hydrogen-bond donors (Lipinski definition) is 3. The van der Waals surface area contributed by atoms with Crippen molar-refractivity contribution in [3.05, 3.63) is 59.7 Å². The van der Waals surface area contributed by atoms with Crippen LogP contribution in [0.1, 0.15) is 56.6 Å². The van der Waals surface area contributed by atoms with E-state index in [1.54, 1.807) is 13.8 Å². The predicted molar refractivity (Wildman–Crippen MR) is 124 cm³/mol. The molecule has 4 rings (SSSR count). The van der Waals surface area contributed by atoms with Gasteiger partial charge in [-0.15, -0.1) is 0 Å². The number of ether oxygens (including phenoxy) is 1. The number of nitrogens with one attached hydrogen (secondary N) is 2. The van der Waals surface area contributed by atoms with E-state index in [0.29, 0.717) is 0 Å². The Hall–Kier alpha value is -3.35. The van der Waals surface area contributed by atoms with Crippen molar-refractivity contribution >= 4 is 18.0 Å². The van der Waals surface area contributed by atoms with Gasteiger partial charge in [-0.3, -0.25) is 9.59 Å². The molecule has 2 aliphatic rings. The minimum absolute atomic E-state index is 0.0253. The molecule has 1 fully saturated rings. The molecule has 0 saturated heterocycles. The van der Waals surface area contributed by atoms with Gasteiger partial charge in [-0.1, -0.05) is 48.5 Å². The zero-order valence-corrected chi connectivity index (χ0v) is 19.0. The zero-order valence-electron chi connectivity index (χ0n) is 19.0. The highest BCUT2D eigenvalue weighted by Crippen LogP contribution is 2.44. The molecule has 2 aromatic carbocycles. The Bertz CT molecular complexity index is 1010. The molecule has 2 aromatic rings. The van der Waals surface area contributed by atoms with E-state index < -0.39 is 17.6 Å². The number of amides is 2. The van der Waals surface area contributed by atoms with Crippen molar-refractivity contribution in [1.82, 2.24) is 10.6 Å². The van der Waals surface area contributed by atoms with Crippen LogP contribution in [0.4, 0.5) is 4.79 Å². The SMILES string of the molecule is CC(C)(CC(=O)O)NC(=O)CC(NC(=O)OCC1c2ccccc2-c2ccccc21)C1CC1. The van der Waals surface area contributed by atoms with Crippen molar-refractivity contribution in [1.29, 1.82) is 0 Å². The molecule has 0 radical (unpaired) electrons. The summed E-state index contributed by atoms with van der Waals surface area (Å²) in [5, 5.41) is 14.6. The molecule has 1 atom stereocenters. The molecule has 3 N–H and O–H groups in total. The van der Waals surface area contributed by atoms with Crippen LogP contribution in [0.15, 0.2) is 48.5 Å². The van der Waals surface area contributed by atoms with Crippen LogP contribution in [-0.4, -0.2) is 41.3 Å².